The van der Waals surface area contributed by atoms with Gasteiger partial charge in [0.2, 0.25) is 5.91 Å². The van der Waals surface area contributed by atoms with Crippen molar-refractivity contribution in [3.05, 3.63) is 31.8 Å². The molecule has 0 unspecified atom stereocenters. The maximum Gasteiger partial charge on any atom is 0.307 e. The van der Waals surface area contributed by atoms with Crippen LogP contribution < -0.4 is 15.9 Å². The van der Waals surface area contributed by atoms with E-state index in [1.165, 1.54) is 6.20 Å². The molecule has 2 aromatic heterocycles. The molecule has 2 aromatic rings. The second-order valence-electron chi connectivity index (χ2n) is 3.99. The zero-order valence-electron chi connectivity index (χ0n) is 10.6. The number of primary amides is 1. The molecule has 0 aliphatic heterocycles. The van der Waals surface area contributed by atoms with Crippen molar-refractivity contribution in [2.75, 3.05) is 5.32 Å². The van der Waals surface area contributed by atoms with Crippen molar-refractivity contribution in [1.29, 1.82) is 0 Å². The molecule has 3 N–H and O–H groups in total. The second-order valence-corrected chi connectivity index (χ2v) is 5.84. The average molecular weight is 312 g/mol. The van der Waals surface area contributed by atoms with Gasteiger partial charge in [-0.15, -0.1) is 0 Å². The van der Waals surface area contributed by atoms with Gasteiger partial charge in [0.15, 0.2) is 5.13 Å². The highest BCUT2D eigenvalue weighted by Gasteiger charge is 2.10. The van der Waals surface area contributed by atoms with E-state index < -0.39 is 5.91 Å². The predicted molar refractivity (Wildman–Crippen MR) is 77.2 cm³/mol. The highest BCUT2D eigenvalue weighted by Crippen LogP contribution is 2.17. The summed E-state index contributed by atoms with van der Waals surface area (Å²) in [5, 5.41) is 4.64. The lowest BCUT2D eigenvalue weighted by Gasteiger charge is -2.04. The van der Waals surface area contributed by atoms with Crippen LogP contribution in [0.15, 0.2) is 16.4 Å². The van der Waals surface area contributed by atoms with E-state index in [9.17, 15) is 14.4 Å². The molecule has 0 atom stereocenters. The molecule has 9 heteroatoms. The number of carbonyl (C=O) groups excluding carboxylic acids is 2. The number of anilines is 1. The van der Waals surface area contributed by atoms with Crippen LogP contribution in [-0.2, 0) is 11.3 Å². The first-order chi connectivity index (χ1) is 9.47. The lowest BCUT2D eigenvalue weighted by molar-refractivity contribution is -0.116. The van der Waals surface area contributed by atoms with E-state index in [2.05, 4.69) is 10.3 Å². The van der Waals surface area contributed by atoms with Crippen molar-refractivity contribution < 1.29 is 9.59 Å². The number of hydrogen-bond acceptors (Lipinski definition) is 6. The highest BCUT2D eigenvalue weighted by atomic mass is 32.1. The summed E-state index contributed by atoms with van der Waals surface area (Å²) in [6.07, 6.45) is 1.47. The topological polar surface area (TPSA) is 107 Å². The van der Waals surface area contributed by atoms with E-state index >= 15 is 0 Å². The first-order valence-electron chi connectivity index (χ1n) is 5.68. The molecule has 2 heterocycles. The van der Waals surface area contributed by atoms with E-state index in [0.29, 0.717) is 11.7 Å². The van der Waals surface area contributed by atoms with Crippen LogP contribution in [0.25, 0.3) is 0 Å². The summed E-state index contributed by atoms with van der Waals surface area (Å²) >= 11 is 2.12. The summed E-state index contributed by atoms with van der Waals surface area (Å²) in [5.41, 5.74) is 5.93. The Morgan fingerprint density at radius 1 is 1.50 bits per heavy atom. The van der Waals surface area contributed by atoms with Crippen molar-refractivity contribution in [2.24, 2.45) is 5.73 Å². The summed E-state index contributed by atoms with van der Waals surface area (Å²) in [5.74, 6) is -0.851. The number of carbonyl (C=O) groups is 2. The molecule has 0 aliphatic carbocycles. The van der Waals surface area contributed by atoms with Gasteiger partial charge >= 0.3 is 4.87 Å². The standard InChI is InChI=1S/C11H12N4O3S2/c1-6-5-19-11(18)15(6)3-2-8(16)14-10-13-4-7(20-10)9(12)17/h4-5H,2-3H2,1H3,(H2,12,17)(H,13,14,16). The molecule has 0 fully saturated rings. The largest absolute Gasteiger partial charge is 0.365 e. The summed E-state index contributed by atoms with van der Waals surface area (Å²) in [6.45, 7) is 2.13. The Labute approximate surface area is 122 Å². The van der Waals surface area contributed by atoms with Gasteiger partial charge in [0.25, 0.3) is 5.91 Å². The zero-order chi connectivity index (χ0) is 14.7. The molecule has 0 aromatic carbocycles. The van der Waals surface area contributed by atoms with Crippen LogP contribution in [0.3, 0.4) is 0 Å². The third kappa shape index (κ3) is 3.31. The quantitative estimate of drug-likeness (QED) is 0.851. The molecule has 106 valence electrons. The van der Waals surface area contributed by atoms with Gasteiger partial charge in [-0.1, -0.05) is 22.7 Å². The zero-order valence-corrected chi connectivity index (χ0v) is 12.2. The predicted octanol–water partition coefficient (Wildman–Crippen LogP) is 0.802. The van der Waals surface area contributed by atoms with Crippen LogP contribution >= 0.6 is 22.7 Å². The molecular weight excluding hydrogens is 300 g/mol. The van der Waals surface area contributed by atoms with Gasteiger partial charge in [-0.25, -0.2) is 4.98 Å². The van der Waals surface area contributed by atoms with E-state index in [-0.39, 0.29) is 22.1 Å². The summed E-state index contributed by atoms with van der Waals surface area (Å²) < 4.78 is 1.54. The van der Waals surface area contributed by atoms with Crippen LogP contribution in [0.2, 0.25) is 0 Å². The fraction of sp³-hybridized carbons (Fsp3) is 0.273. The van der Waals surface area contributed by atoms with Gasteiger partial charge in [0.05, 0.1) is 6.20 Å². The van der Waals surface area contributed by atoms with Crippen LogP contribution in [0.5, 0.6) is 0 Å². The minimum Gasteiger partial charge on any atom is -0.365 e. The summed E-state index contributed by atoms with van der Waals surface area (Å²) in [6, 6.07) is 0. The Kier molecular flexibility index (Phi) is 4.30. The molecule has 20 heavy (non-hydrogen) atoms. The van der Waals surface area contributed by atoms with Gasteiger partial charge in [-0.2, -0.15) is 0 Å². The third-order valence-electron chi connectivity index (χ3n) is 2.53. The van der Waals surface area contributed by atoms with Gasteiger partial charge < -0.3 is 15.6 Å². The Hall–Kier alpha value is -2.00. The normalized spacial score (nSPS) is 10.4. The minimum absolute atomic E-state index is 0.0828. The number of thiazole rings is 2. The number of nitrogens with zero attached hydrogens (tertiary/aromatic N) is 2. The SMILES string of the molecule is Cc1csc(=O)n1CCC(=O)Nc1ncc(C(N)=O)s1. The van der Waals surface area contributed by atoms with Crippen molar-refractivity contribution in [3.63, 3.8) is 0 Å². The van der Waals surface area contributed by atoms with E-state index in [1.807, 2.05) is 6.92 Å². The Balaban J connectivity index is 1.92. The van der Waals surface area contributed by atoms with Crippen molar-refractivity contribution in [1.82, 2.24) is 9.55 Å². The molecule has 0 radical (unpaired) electrons. The Morgan fingerprint density at radius 2 is 2.25 bits per heavy atom. The van der Waals surface area contributed by atoms with Crippen molar-refractivity contribution in [2.45, 2.75) is 19.9 Å². The van der Waals surface area contributed by atoms with Gasteiger partial charge in [-0.05, 0) is 6.92 Å². The maximum atomic E-state index is 11.7. The molecule has 0 aliphatic rings. The van der Waals surface area contributed by atoms with Gasteiger partial charge in [-0.3, -0.25) is 14.4 Å². The number of nitrogens with two attached hydrogens (primary N) is 1. The number of rotatable bonds is 5. The number of amides is 2. The van der Waals surface area contributed by atoms with E-state index in [0.717, 1.165) is 28.4 Å². The molecule has 0 saturated heterocycles. The molecule has 7 nitrogen and oxygen atoms in total. The first-order valence-corrected chi connectivity index (χ1v) is 7.37. The lowest BCUT2D eigenvalue weighted by atomic mass is 10.4. The summed E-state index contributed by atoms with van der Waals surface area (Å²) in [4.78, 5) is 38.2. The fourth-order valence-corrected chi connectivity index (χ4v) is 2.96. The second kappa shape index (κ2) is 5.97. The molecule has 2 amide bonds. The number of aryl methyl sites for hydroxylation is 1. The highest BCUT2D eigenvalue weighted by molar-refractivity contribution is 7.17. The minimum atomic E-state index is -0.580. The lowest BCUT2D eigenvalue weighted by Crippen LogP contribution is -2.20. The van der Waals surface area contributed by atoms with Crippen LogP contribution in [0.4, 0.5) is 5.13 Å². The monoisotopic (exact) mass is 312 g/mol. The van der Waals surface area contributed by atoms with Crippen LogP contribution in [0, 0.1) is 6.92 Å². The van der Waals surface area contributed by atoms with E-state index in [4.69, 9.17) is 5.73 Å². The van der Waals surface area contributed by atoms with Crippen molar-refractivity contribution >= 4 is 39.6 Å². The average Bonchev–Trinajstić information content (AvgIpc) is 2.96. The number of hydrogen-bond donors (Lipinski definition) is 2. The first kappa shape index (κ1) is 14.4. The number of aromatic nitrogens is 2. The molecule has 0 bridgehead atoms. The Morgan fingerprint density at radius 3 is 2.80 bits per heavy atom. The van der Waals surface area contributed by atoms with Crippen molar-refractivity contribution in [3.8, 4) is 0 Å². The third-order valence-corrected chi connectivity index (χ3v) is 4.34. The van der Waals surface area contributed by atoms with Gasteiger partial charge in [0.1, 0.15) is 4.88 Å². The summed E-state index contributed by atoms with van der Waals surface area (Å²) in [7, 11) is 0. The van der Waals surface area contributed by atoms with Crippen LogP contribution in [0.1, 0.15) is 21.8 Å². The smallest absolute Gasteiger partial charge is 0.307 e. The van der Waals surface area contributed by atoms with Crippen LogP contribution in [-0.4, -0.2) is 21.4 Å². The number of nitrogens with one attached hydrogen (secondary N) is 1. The van der Waals surface area contributed by atoms with Gasteiger partial charge in [0, 0.05) is 24.0 Å². The molecular formula is C11H12N4O3S2. The molecule has 0 spiro atoms. The fourth-order valence-electron chi connectivity index (χ4n) is 1.52. The molecule has 0 saturated carbocycles. The maximum absolute atomic E-state index is 11.7. The molecule has 2 rings (SSSR count). The van der Waals surface area contributed by atoms with E-state index in [1.54, 1.807) is 9.95 Å². The Bertz CT molecular complexity index is 701.